The fourth-order valence-electron chi connectivity index (χ4n) is 2.81. The predicted octanol–water partition coefficient (Wildman–Crippen LogP) is 4.98. The number of Topliss-reactive ketones (excluding diaryl/α,β-unsaturated/α-hetero) is 2. The first-order valence-electron chi connectivity index (χ1n) is 8.17. The second kappa shape index (κ2) is 9.24. The van der Waals surface area contributed by atoms with Crippen LogP contribution < -0.4 is 0 Å². The molecule has 2 atom stereocenters. The number of hydrogen-bond donors (Lipinski definition) is 0. The number of hydrogen-bond acceptors (Lipinski definition) is 4. The third kappa shape index (κ3) is 5.23. The number of benzene rings is 2. The van der Waals surface area contributed by atoms with Crippen LogP contribution in [0, 0.1) is 11.7 Å². The molecule has 142 valence electrons. The number of carbonyl (C=O) groups excluding carboxylic acids is 3. The van der Waals surface area contributed by atoms with Crippen LogP contribution in [-0.2, 0) is 14.3 Å². The third-order valence-corrected chi connectivity index (χ3v) is 4.68. The van der Waals surface area contributed by atoms with Gasteiger partial charge in [-0.1, -0.05) is 27.5 Å². The van der Waals surface area contributed by atoms with Gasteiger partial charge in [-0.3, -0.25) is 14.4 Å². The molecule has 2 unspecified atom stereocenters. The molecule has 0 radical (unpaired) electrons. The van der Waals surface area contributed by atoms with Crippen molar-refractivity contribution < 1.29 is 23.5 Å². The lowest BCUT2D eigenvalue weighted by Crippen LogP contribution is -2.35. The number of carbonyl (C=O) groups is 3. The highest BCUT2D eigenvalue weighted by Gasteiger charge is 2.40. The van der Waals surface area contributed by atoms with Crippen LogP contribution >= 0.6 is 27.5 Å². The highest BCUT2D eigenvalue weighted by atomic mass is 79.9. The van der Waals surface area contributed by atoms with Gasteiger partial charge in [-0.25, -0.2) is 4.39 Å². The lowest BCUT2D eigenvalue weighted by molar-refractivity contribution is -0.151. The first-order valence-corrected chi connectivity index (χ1v) is 9.34. The second-order valence-electron chi connectivity index (χ2n) is 5.89. The molecule has 0 amide bonds. The normalized spacial score (nSPS) is 12.9. The molecule has 0 saturated carbocycles. The fraction of sp³-hybridized carbons (Fsp3) is 0.250. The fourth-order valence-corrected chi connectivity index (χ4v) is 3.42. The highest BCUT2D eigenvalue weighted by Crippen LogP contribution is 2.33. The molecule has 0 aromatic heterocycles. The van der Waals surface area contributed by atoms with Gasteiger partial charge in [0.1, 0.15) is 17.5 Å². The van der Waals surface area contributed by atoms with Gasteiger partial charge in [0.15, 0.2) is 5.78 Å². The van der Waals surface area contributed by atoms with Crippen LogP contribution in [-0.4, -0.2) is 24.1 Å². The van der Waals surface area contributed by atoms with Crippen molar-refractivity contribution in [2.75, 3.05) is 6.61 Å². The van der Waals surface area contributed by atoms with Crippen molar-refractivity contribution in [3.05, 3.63) is 68.9 Å². The molecule has 7 heteroatoms. The Bertz CT molecular complexity index is 847. The molecule has 2 aromatic rings. The molecule has 0 N–H and O–H groups in total. The van der Waals surface area contributed by atoms with Gasteiger partial charge in [-0.2, -0.15) is 0 Å². The molecule has 0 saturated heterocycles. The molecule has 0 aliphatic rings. The predicted molar refractivity (Wildman–Crippen MR) is 103 cm³/mol. The van der Waals surface area contributed by atoms with E-state index in [0.717, 1.165) is 6.07 Å². The lowest BCUT2D eigenvalue weighted by Gasteiger charge is -2.23. The topological polar surface area (TPSA) is 60.4 Å². The summed E-state index contributed by atoms with van der Waals surface area (Å²) >= 11 is 9.04. The van der Waals surface area contributed by atoms with Gasteiger partial charge in [-0.05, 0) is 61.9 Å². The summed E-state index contributed by atoms with van der Waals surface area (Å²) in [6, 6.07) is 9.92. The molecule has 2 rings (SSSR count). The number of esters is 1. The number of rotatable bonds is 7. The molecule has 0 aliphatic carbocycles. The maximum absolute atomic E-state index is 14.0. The van der Waals surface area contributed by atoms with Crippen LogP contribution in [0.2, 0.25) is 5.02 Å². The lowest BCUT2D eigenvalue weighted by atomic mass is 9.78. The highest BCUT2D eigenvalue weighted by molar-refractivity contribution is 9.10. The maximum atomic E-state index is 14.0. The molecule has 4 nitrogen and oxygen atoms in total. The van der Waals surface area contributed by atoms with Gasteiger partial charge < -0.3 is 4.74 Å². The largest absolute Gasteiger partial charge is 0.465 e. The third-order valence-electron chi connectivity index (χ3n) is 3.97. The average molecular weight is 456 g/mol. The zero-order valence-corrected chi connectivity index (χ0v) is 17.0. The van der Waals surface area contributed by atoms with E-state index >= 15 is 0 Å². The first-order chi connectivity index (χ1) is 12.7. The van der Waals surface area contributed by atoms with Crippen LogP contribution in [0.1, 0.15) is 35.7 Å². The van der Waals surface area contributed by atoms with Crippen molar-refractivity contribution in [1.82, 2.24) is 0 Å². The van der Waals surface area contributed by atoms with Crippen molar-refractivity contribution in [3.8, 4) is 0 Å². The molecular formula is C20H17BrClFO4. The minimum absolute atomic E-state index is 0.0529. The van der Waals surface area contributed by atoms with Crippen LogP contribution in [0.5, 0.6) is 0 Å². The molecule has 0 bridgehead atoms. The number of ketones is 2. The summed E-state index contributed by atoms with van der Waals surface area (Å²) in [7, 11) is 0. The van der Waals surface area contributed by atoms with E-state index in [9.17, 15) is 18.8 Å². The maximum Gasteiger partial charge on any atom is 0.317 e. The van der Waals surface area contributed by atoms with E-state index in [1.54, 1.807) is 6.92 Å². The van der Waals surface area contributed by atoms with E-state index < -0.39 is 35.2 Å². The van der Waals surface area contributed by atoms with E-state index in [1.807, 2.05) is 0 Å². The number of halogens is 3. The average Bonchev–Trinajstić information content (AvgIpc) is 2.58. The molecule has 2 aromatic carbocycles. The Morgan fingerprint density at radius 3 is 2.30 bits per heavy atom. The summed E-state index contributed by atoms with van der Waals surface area (Å²) in [6.45, 7) is 2.86. The van der Waals surface area contributed by atoms with Gasteiger partial charge in [0.25, 0.3) is 0 Å². The van der Waals surface area contributed by atoms with Gasteiger partial charge in [0, 0.05) is 15.1 Å². The summed E-state index contributed by atoms with van der Waals surface area (Å²) < 4.78 is 19.3. The quantitative estimate of drug-likeness (QED) is 0.336. The Balaban J connectivity index is 2.62. The van der Waals surface area contributed by atoms with E-state index in [-0.39, 0.29) is 17.7 Å². The van der Waals surface area contributed by atoms with Crippen LogP contribution in [0.3, 0.4) is 0 Å². The molecule has 0 heterocycles. The number of ether oxygens (including phenoxy) is 1. The van der Waals surface area contributed by atoms with Gasteiger partial charge in [-0.15, -0.1) is 0 Å². The summed E-state index contributed by atoms with van der Waals surface area (Å²) in [6.07, 6.45) is 0. The Morgan fingerprint density at radius 2 is 1.78 bits per heavy atom. The SMILES string of the molecule is CCOC(=O)C(C(C)=O)C(C(=O)c1ccc(Cl)cc1)c1cc(F)cc(Br)c1. The smallest absolute Gasteiger partial charge is 0.317 e. The summed E-state index contributed by atoms with van der Waals surface area (Å²) in [4.78, 5) is 37.9. The zero-order valence-electron chi connectivity index (χ0n) is 14.7. The van der Waals surface area contributed by atoms with Crippen LogP contribution in [0.15, 0.2) is 46.9 Å². The van der Waals surface area contributed by atoms with Crippen molar-refractivity contribution in [2.45, 2.75) is 19.8 Å². The Morgan fingerprint density at radius 1 is 1.15 bits per heavy atom. The molecule has 0 fully saturated rings. The summed E-state index contributed by atoms with van der Waals surface area (Å²) in [5, 5.41) is 0.435. The zero-order chi connectivity index (χ0) is 20.1. The van der Waals surface area contributed by atoms with Crippen LogP contribution in [0.25, 0.3) is 0 Å². The first kappa shape index (κ1) is 21.3. The monoisotopic (exact) mass is 454 g/mol. The van der Waals surface area contributed by atoms with Crippen molar-refractivity contribution in [2.24, 2.45) is 5.92 Å². The van der Waals surface area contributed by atoms with E-state index in [4.69, 9.17) is 16.3 Å². The molecular weight excluding hydrogens is 439 g/mol. The van der Waals surface area contributed by atoms with Gasteiger partial charge in [0.2, 0.25) is 0 Å². The van der Waals surface area contributed by atoms with E-state index in [1.165, 1.54) is 43.3 Å². The van der Waals surface area contributed by atoms with Crippen molar-refractivity contribution >= 4 is 45.1 Å². The minimum Gasteiger partial charge on any atom is -0.465 e. The summed E-state index contributed by atoms with van der Waals surface area (Å²) in [5.41, 5.74) is 0.454. The van der Waals surface area contributed by atoms with E-state index in [2.05, 4.69) is 15.9 Å². The Hall–Kier alpha value is -2.05. The second-order valence-corrected chi connectivity index (χ2v) is 7.24. The van der Waals surface area contributed by atoms with E-state index in [0.29, 0.717) is 9.50 Å². The summed E-state index contributed by atoms with van der Waals surface area (Å²) in [5.74, 6) is -5.08. The standard InChI is InChI=1S/C20H17BrClFO4/c1-3-27-20(26)17(11(2)24)18(13-8-14(21)10-16(23)9-13)19(25)12-4-6-15(22)7-5-12/h4-10,17-18H,3H2,1-2H3. The van der Waals surface area contributed by atoms with Crippen molar-refractivity contribution in [3.63, 3.8) is 0 Å². The van der Waals surface area contributed by atoms with Crippen LogP contribution in [0.4, 0.5) is 4.39 Å². The molecule has 27 heavy (non-hydrogen) atoms. The van der Waals surface area contributed by atoms with Gasteiger partial charge in [0.05, 0.1) is 12.5 Å². The van der Waals surface area contributed by atoms with Crippen molar-refractivity contribution in [1.29, 1.82) is 0 Å². The Kier molecular flexibility index (Phi) is 7.27. The molecule has 0 aliphatic heterocycles. The van der Waals surface area contributed by atoms with Gasteiger partial charge >= 0.3 is 5.97 Å². The Labute approximate surface area is 169 Å². The minimum atomic E-state index is -1.39. The molecule has 0 spiro atoms.